The maximum Gasteiger partial charge on any atom is 0.0633 e. The van der Waals surface area contributed by atoms with Gasteiger partial charge >= 0.3 is 0 Å². The van der Waals surface area contributed by atoms with Crippen molar-refractivity contribution in [2.24, 2.45) is 4.99 Å². The van der Waals surface area contributed by atoms with Crippen LogP contribution in [0.1, 0.15) is 54.4 Å². The Labute approximate surface area is 121 Å². The third kappa shape index (κ3) is 14.6. The van der Waals surface area contributed by atoms with Gasteiger partial charge in [-0.1, -0.05) is 64.7 Å². The molecule has 0 heterocycles. The molecule has 0 atom stereocenters. The zero-order valence-electron chi connectivity index (χ0n) is 14.1. The highest BCUT2D eigenvalue weighted by Gasteiger charge is 1.93. The van der Waals surface area contributed by atoms with E-state index in [0.717, 1.165) is 11.3 Å². The first kappa shape index (κ1) is 22.8. The summed E-state index contributed by atoms with van der Waals surface area (Å²) in [7, 11) is 1.74. The molecule has 0 saturated heterocycles. The van der Waals surface area contributed by atoms with Gasteiger partial charge in [-0.3, -0.25) is 4.99 Å². The van der Waals surface area contributed by atoms with Crippen molar-refractivity contribution in [2.45, 2.75) is 54.4 Å². The normalized spacial score (nSPS) is 11.6. The van der Waals surface area contributed by atoms with Crippen LogP contribution in [0, 0.1) is 0 Å². The number of hydrogen-bond acceptors (Lipinski definition) is 1. The summed E-state index contributed by atoms with van der Waals surface area (Å²) in [5.41, 5.74) is 3.41. The zero-order chi connectivity index (χ0) is 15.7. The molecule has 0 aliphatic heterocycles. The first-order valence-corrected chi connectivity index (χ1v) is 7.15. The number of hydrogen-bond donors (Lipinski definition) is 0. The van der Waals surface area contributed by atoms with Crippen molar-refractivity contribution in [3.8, 4) is 0 Å². The molecule has 110 valence electrons. The molecule has 1 heteroatoms. The number of nitrogens with zero attached hydrogens (tertiary/aromatic N) is 1. The van der Waals surface area contributed by atoms with Crippen LogP contribution >= 0.6 is 0 Å². The fourth-order valence-corrected chi connectivity index (χ4v) is 1.20. The molecule has 0 N–H and O–H groups in total. The van der Waals surface area contributed by atoms with Gasteiger partial charge < -0.3 is 0 Å². The molecule has 19 heavy (non-hydrogen) atoms. The Bertz CT molecular complexity index is 282. The summed E-state index contributed by atoms with van der Waals surface area (Å²) in [6.45, 7) is 19.7. The minimum atomic E-state index is 0.887. The highest BCUT2D eigenvalue weighted by molar-refractivity contribution is 6.09. The lowest BCUT2D eigenvalue weighted by Crippen LogP contribution is -1.94. The number of allylic oxidation sites excluding steroid dienone is 6. The summed E-state index contributed by atoms with van der Waals surface area (Å²) in [6, 6.07) is 0. The molecule has 0 aromatic carbocycles. The molecule has 0 unspecified atom stereocenters. The standard InChI is InChI=1S/C9H13N.C7H14.C2H6/c1-5-8(6-2)9(7-3)10-4;1-4-6-7(3)5-2;1-2/h5-7H,1,3H2,2,4H3;6H,4-5H2,1-3H3;1-2H3/b8-6-,10-9?;7-6-;. The SMILES string of the molecule is C=CC(=NC)/C(C=C)=C\C.CC.CC/C=C(/C)CC. The Kier molecular flexibility index (Phi) is 22.8. The predicted molar refractivity (Wildman–Crippen MR) is 93.2 cm³/mol. The van der Waals surface area contributed by atoms with Crippen LogP contribution in [0.4, 0.5) is 0 Å². The van der Waals surface area contributed by atoms with Crippen molar-refractivity contribution >= 4 is 5.71 Å². The minimum Gasteiger partial charge on any atom is -0.288 e. The molecule has 0 aliphatic rings. The van der Waals surface area contributed by atoms with Gasteiger partial charge in [-0.2, -0.15) is 0 Å². The molecule has 0 bridgehead atoms. The third-order valence-corrected chi connectivity index (χ3v) is 2.37. The van der Waals surface area contributed by atoms with E-state index in [1.54, 1.807) is 19.2 Å². The second kappa shape index (κ2) is 19.0. The highest BCUT2D eigenvalue weighted by Crippen LogP contribution is 1.99. The molecular weight excluding hydrogens is 230 g/mol. The van der Waals surface area contributed by atoms with Crippen LogP contribution in [0.5, 0.6) is 0 Å². The Morgan fingerprint density at radius 2 is 1.63 bits per heavy atom. The van der Waals surface area contributed by atoms with E-state index in [9.17, 15) is 0 Å². The monoisotopic (exact) mass is 263 g/mol. The largest absolute Gasteiger partial charge is 0.288 e. The molecule has 0 radical (unpaired) electrons. The van der Waals surface area contributed by atoms with E-state index in [1.807, 2.05) is 26.8 Å². The van der Waals surface area contributed by atoms with E-state index in [0.29, 0.717) is 0 Å². The van der Waals surface area contributed by atoms with Gasteiger partial charge in [0.25, 0.3) is 0 Å². The van der Waals surface area contributed by atoms with Crippen LogP contribution in [-0.2, 0) is 0 Å². The predicted octanol–water partition coefficient (Wildman–Crippen LogP) is 6.15. The minimum absolute atomic E-state index is 0.887. The van der Waals surface area contributed by atoms with Crippen molar-refractivity contribution in [3.63, 3.8) is 0 Å². The lowest BCUT2D eigenvalue weighted by molar-refractivity contribution is 1.06. The van der Waals surface area contributed by atoms with E-state index in [-0.39, 0.29) is 0 Å². The van der Waals surface area contributed by atoms with Crippen LogP contribution in [0.3, 0.4) is 0 Å². The molecule has 0 amide bonds. The van der Waals surface area contributed by atoms with Gasteiger partial charge in [0, 0.05) is 7.05 Å². The molecule has 0 aliphatic carbocycles. The first-order chi connectivity index (χ1) is 9.10. The summed E-state index contributed by atoms with van der Waals surface area (Å²) >= 11 is 0. The fraction of sp³-hybridized carbons (Fsp3) is 0.500. The van der Waals surface area contributed by atoms with Crippen molar-refractivity contribution in [2.75, 3.05) is 7.05 Å². The second-order valence-corrected chi connectivity index (χ2v) is 3.57. The van der Waals surface area contributed by atoms with Gasteiger partial charge in [0.15, 0.2) is 0 Å². The lowest BCUT2D eigenvalue weighted by Gasteiger charge is -1.97. The van der Waals surface area contributed by atoms with E-state index in [1.165, 1.54) is 18.4 Å². The zero-order valence-corrected chi connectivity index (χ0v) is 14.1. The maximum atomic E-state index is 4.01. The first-order valence-electron chi connectivity index (χ1n) is 7.15. The quantitative estimate of drug-likeness (QED) is 0.320. The van der Waals surface area contributed by atoms with E-state index in [4.69, 9.17) is 0 Å². The molecule has 0 spiro atoms. The van der Waals surface area contributed by atoms with Gasteiger partial charge in [-0.05, 0) is 38.3 Å². The van der Waals surface area contributed by atoms with Gasteiger partial charge in [-0.15, -0.1) is 0 Å². The summed E-state index contributed by atoms with van der Waals surface area (Å²) in [5, 5.41) is 0. The molecule has 0 saturated carbocycles. The Morgan fingerprint density at radius 3 is 1.74 bits per heavy atom. The lowest BCUT2D eigenvalue weighted by atomic mass is 10.1. The van der Waals surface area contributed by atoms with Crippen molar-refractivity contribution in [1.82, 2.24) is 0 Å². The highest BCUT2D eigenvalue weighted by atomic mass is 14.7. The molecule has 0 aromatic heterocycles. The molecule has 0 rings (SSSR count). The summed E-state index contributed by atoms with van der Waals surface area (Å²) in [6.07, 6.45) is 10.1. The van der Waals surface area contributed by atoms with Gasteiger partial charge in [-0.25, -0.2) is 0 Å². The Morgan fingerprint density at radius 1 is 1.11 bits per heavy atom. The fourth-order valence-electron chi connectivity index (χ4n) is 1.20. The summed E-state index contributed by atoms with van der Waals surface area (Å²) in [5.74, 6) is 0. The van der Waals surface area contributed by atoms with Crippen LogP contribution in [0.15, 0.2) is 53.6 Å². The van der Waals surface area contributed by atoms with Crippen molar-refractivity contribution in [3.05, 3.63) is 48.6 Å². The summed E-state index contributed by atoms with van der Waals surface area (Å²) < 4.78 is 0. The van der Waals surface area contributed by atoms with Crippen molar-refractivity contribution < 1.29 is 0 Å². The molecule has 1 nitrogen and oxygen atoms in total. The van der Waals surface area contributed by atoms with E-state index in [2.05, 4.69) is 45.0 Å². The topological polar surface area (TPSA) is 12.4 Å². The maximum absolute atomic E-state index is 4.01. The van der Waals surface area contributed by atoms with Crippen LogP contribution in [-0.4, -0.2) is 12.8 Å². The molecule has 0 fully saturated rings. The van der Waals surface area contributed by atoms with Crippen LogP contribution in [0.25, 0.3) is 0 Å². The molecule has 0 aromatic rings. The van der Waals surface area contributed by atoms with Crippen LogP contribution in [0.2, 0.25) is 0 Å². The average Bonchev–Trinajstić information content (AvgIpc) is 2.47. The van der Waals surface area contributed by atoms with Gasteiger partial charge in [0.05, 0.1) is 5.71 Å². The van der Waals surface area contributed by atoms with Gasteiger partial charge in [0.2, 0.25) is 0 Å². The smallest absolute Gasteiger partial charge is 0.0633 e. The Hall–Kier alpha value is -1.37. The average molecular weight is 263 g/mol. The Balaban J connectivity index is -0.000000249. The van der Waals surface area contributed by atoms with E-state index < -0.39 is 0 Å². The molecular formula is C18H33N. The van der Waals surface area contributed by atoms with Crippen LogP contribution < -0.4 is 0 Å². The third-order valence-electron chi connectivity index (χ3n) is 2.37. The number of aliphatic imine (C=N–C) groups is 1. The summed E-state index contributed by atoms with van der Waals surface area (Å²) in [4.78, 5) is 4.01. The van der Waals surface area contributed by atoms with Crippen molar-refractivity contribution in [1.29, 1.82) is 0 Å². The second-order valence-electron chi connectivity index (χ2n) is 3.57. The van der Waals surface area contributed by atoms with E-state index >= 15 is 0 Å². The number of rotatable bonds is 5. The van der Waals surface area contributed by atoms with Gasteiger partial charge in [0.1, 0.15) is 0 Å².